The van der Waals surface area contributed by atoms with Gasteiger partial charge >= 0.3 is 18.0 Å². The predicted molar refractivity (Wildman–Crippen MR) is 257 cm³/mol. The molecule has 1 saturated heterocycles. The molecule has 1 aliphatic heterocycles. The zero-order valence-electron chi connectivity index (χ0n) is 40.3. The quantitative estimate of drug-likeness (QED) is 0.0458. The number of ether oxygens (including phenoxy) is 3. The van der Waals surface area contributed by atoms with Crippen molar-refractivity contribution in [3.8, 4) is 0 Å². The Morgan fingerprint density at radius 1 is 0.706 bits per heavy atom. The highest BCUT2D eigenvalue weighted by molar-refractivity contribution is 5.97. The average molecular weight is 931 g/mol. The van der Waals surface area contributed by atoms with Gasteiger partial charge in [0.05, 0.1) is 18.5 Å². The Labute approximate surface area is 399 Å². The summed E-state index contributed by atoms with van der Waals surface area (Å²) in [6.45, 7) is 12.3. The van der Waals surface area contributed by atoms with E-state index in [0.29, 0.717) is 30.5 Å². The summed E-state index contributed by atoms with van der Waals surface area (Å²) in [7, 11) is 0. The van der Waals surface area contributed by atoms with Crippen molar-refractivity contribution in [1.82, 2.24) is 15.5 Å². The second-order valence-electron chi connectivity index (χ2n) is 19.4. The second-order valence-corrected chi connectivity index (χ2v) is 19.4. The highest BCUT2D eigenvalue weighted by atomic mass is 16.6. The molecule has 14 nitrogen and oxygen atoms in total. The van der Waals surface area contributed by atoms with E-state index in [1.165, 1.54) is 4.90 Å². The zero-order valence-corrected chi connectivity index (χ0v) is 40.3. The van der Waals surface area contributed by atoms with Crippen molar-refractivity contribution in [1.29, 1.82) is 0 Å². The van der Waals surface area contributed by atoms with Crippen LogP contribution in [0.25, 0.3) is 0 Å². The number of likely N-dealkylation sites (tertiary alicyclic amines) is 1. The van der Waals surface area contributed by atoms with E-state index in [1.807, 2.05) is 91.0 Å². The first kappa shape index (κ1) is 52.3. The van der Waals surface area contributed by atoms with Crippen LogP contribution in [0, 0.1) is 5.92 Å². The number of ketones is 2. The van der Waals surface area contributed by atoms with Crippen LogP contribution in [0.2, 0.25) is 0 Å². The molecule has 4 aromatic carbocycles. The van der Waals surface area contributed by atoms with Gasteiger partial charge in [-0.15, -0.1) is 0 Å². The summed E-state index contributed by atoms with van der Waals surface area (Å²) in [5, 5.41) is 6.08. The fraction of sp³-hybridized carbons (Fsp3) is 0.426. The fourth-order valence-corrected chi connectivity index (χ4v) is 8.08. The number of amides is 3. The number of benzene rings is 4. The SMILES string of the molecule is C[C@H](CC(=O)[C@@H]1CCCN1C(=O)OC(C)(C)C)C(=O)N[C@@H](CC(=O)NC(c1ccccc1)(c1ccccc1)c1ccccc1)C(=O)Cc1ccc(COC(=O)[C@@H](N)CCC(=O)OC(C)(C)C)cc1. The van der Waals surface area contributed by atoms with Gasteiger partial charge < -0.3 is 30.6 Å². The maximum atomic E-state index is 14.6. The first-order chi connectivity index (χ1) is 32.1. The van der Waals surface area contributed by atoms with Gasteiger partial charge in [-0.2, -0.15) is 0 Å². The number of nitrogens with one attached hydrogen (secondary N) is 2. The van der Waals surface area contributed by atoms with Gasteiger partial charge in [0, 0.05) is 31.7 Å². The number of carbonyl (C=O) groups excluding carboxylic acids is 7. The first-order valence-corrected chi connectivity index (χ1v) is 23.2. The molecular formula is C54H66N4O10. The molecular weight excluding hydrogens is 865 g/mol. The summed E-state index contributed by atoms with van der Waals surface area (Å²) < 4.78 is 16.2. The van der Waals surface area contributed by atoms with E-state index in [0.717, 1.165) is 16.7 Å². The Morgan fingerprint density at radius 3 is 1.74 bits per heavy atom. The van der Waals surface area contributed by atoms with Crippen LogP contribution in [-0.4, -0.2) is 82.2 Å². The van der Waals surface area contributed by atoms with Crippen molar-refractivity contribution in [2.75, 3.05) is 6.54 Å². The molecule has 1 aliphatic rings. The normalized spacial score (nSPS) is 15.3. The van der Waals surface area contributed by atoms with Gasteiger partial charge in [0.2, 0.25) is 11.8 Å². The van der Waals surface area contributed by atoms with E-state index in [9.17, 15) is 33.6 Å². The van der Waals surface area contributed by atoms with Crippen molar-refractivity contribution >= 4 is 41.4 Å². The molecule has 4 atom stereocenters. The summed E-state index contributed by atoms with van der Waals surface area (Å²) >= 11 is 0. The minimum Gasteiger partial charge on any atom is -0.460 e. The minimum absolute atomic E-state index is 0.0422. The highest BCUT2D eigenvalue weighted by Crippen LogP contribution is 2.37. The number of carbonyl (C=O) groups is 7. The Kier molecular flexibility index (Phi) is 18.0. The molecule has 1 fully saturated rings. The fourth-order valence-electron chi connectivity index (χ4n) is 8.08. The molecule has 0 aromatic heterocycles. The lowest BCUT2D eigenvalue weighted by atomic mass is 9.76. The number of esters is 2. The highest BCUT2D eigenvalue weighted by Gasteiger charge is 2.40. The lowest BCUT2D eigenvalue weighted by Gasteiger charge is -2.37. The van der Waals surface area contributed by atoms with Crippen LogP contribution in [0.5, 0.6) is 0 Å². The van der Waals surface area contributed by atoms with Gasteiger partial charge in [-0.1, -0.05) is 122 Å². The number of hydrogen-bond donors (Lipinski definition) is 3. The first-order valence-electron chi connectivity index (χ1n) is 23.2. The molecule has 362 valence electrons. The van der Waals surface area contributed by atoms with E-state index in [-0.39, 0.29) is 38.1 Å². The lowest BCUT2D eigenvalue weighted by Crippen LogP contribution is -2.52. The van der Waals surface area contributed by atoms with E-state index in [4.69, 9.17) is 19.9 Å². The number of hydrogen-bond acceptors (Lipinski definition) is 11. The van der Waals surface area contributed by atoms with E-state index < -0.39 is 82.8 Å². The molecule has 1 heterocycles. The van der Waals surface area contributed by atoms with E-state index in [2.05, 4.69) is 10.6 Å². The molecule has 0 spiro atoms. The molecule has 4 N–H and O–H groups in total. The largest absolute Gasteiger partial charge is 0.460 e. The van der Waals surface area contributed by atoms with Gasteiger partial charge in [-0.05, 0) is 88.6 Å². The zero-order chi connectivity index (χ0) is 49.6. The molecule has 0 saturated carbocycles. The van der Waals surface area contributed by atoms with Gasteiger partial charge in [0.1, 0.15) is 29.4 Å². The topological polar surface area (TPSA) is 200 Å². The average Bonchev–Trinajstić information content (AvgIpc) is 3.80. The minimum atomic E-state index is -1.31. The Hall–Kier alpha value is -6.67. The molecule has 0 unspecified atom stereocenters. The summed E-state index contributed by atoms with van der Waals surface area (Å²) in [6, 6.07) is 32.1. The maximum absolute atomic E-state index is 14.6. The summed E-state index contributed by atoms with van der Waals surface area (Å²) in [5.74, 6) is -3.95. The van der Waals surface area contributed by atoms with E-state index >= 15 is 0 Å². The number of nitrogens with two attached hydrogens (primary N) is 1. The smallest absolute Gasteiger partial charge is 0.410 e. The van der Waals surface area contributed by atoms with Crippen molar-refractivity contribution in [3.05, 3.63) is 143 Å². The second kappa shape index (κ2) is 23.4. The van der Waals surface area contributed by atoms with Gasteiger partial charge in [0.15, 0.2) is 11.6 Å². The summed E-state index contributed by atoms with van der Waals surface area (Å²) in [5.41, 5.74) is 6.86. The predicted octanol–water partition coefficient (Wildman–Crippen LogP) is 7.27. The number of nitrogens with zero attached hydrogens (tertiary/aromatic N) is 1. The third-order valence-corrected chi connectivity index (χ3v) is 11.4. The monoisotopic (exact) mass is 930 g/mol. The molecule has 68 heavy (non-hydrogen) atoms. The van der Waals surface area contributed by atoms with Crippen LogP contribution in [0.3, 0.4) is 0 Å². The standard InChI is InChI=1S/C54H66N4O10/c1-36(32-46(60)44-24-17-31-58(44)51(65)68-53(5,6)7)49(63)56-43(45(59)33-37-25-27-38(28-26-37)35-66-50(64)42(55)29-30-48(62)67-52(2,3)4)34-47(61)57-54(39-18-11-8-12-19-39,40-20-13-9-14-21-40)41-22-15-10-16-23-41/h8-16,18-23,25-28,36,42-44H,17,24,29-35,55H2,1-7H3,(H,56,63)(H,57,61)/t36-,42+,43+,44+/m1/s1. The van der Waals surface area contributed by atoms with Gasteiger partial charge in [-0.25, -0.2) is 4.79 Å². The third-order valence-electron chi connectivity index (χ3n) is 11.4. The van der Waals surface area contributed by atoms with Crippen LogP contribution in [0.1, 0.15) is 115 Å². The lowest BCUT2D eigenvalue weighted by molar-refractivity contribution is -0.155. The van der Waals surface area contributed by atoms with Crippen LogP contribution in [0.4, 0.5) is 4.79 Å². The Morgan fingerprint density at radius 2 is 1.22 bits per heavy atom. The van der Waals surface area contributed by atoms with Gasteiger partial charge in [-0.3, -0.25) is 33.7 Å². The molecule has 5 rings (SSSR count). The summed E-state index contributed by atoms with van der Waals surface area (Å²) in [4.78, 5) is 95.8. The Bertz CT molecular complexity index is 2260. The number of Topliss-reactive ketones (excluding diaryl/α,β-unsaturated/α-hetero) is 2. The summed E-state index contributed by atoms with van der Waals surface area (Å²) in [6.07, 6.45) is -0.349. The maximum Gasteiger partial charge on any atom is 0.410 e. The van der Waals surface area contributed by atoms with Crippen LogP contribution in [0.15, 0.2) is 115 Å². The van der Waals surface area contributed by atoms with Crippen molar-refractivity contribution in [3.63, 3.8) is 0 Å². The molecule has 4 aromatic rings. The van der Waals surface area contributed by atoms with Crippen LogP contribution < -0.4 is 16.4 Å². The third kappa shape index (κ3) is 14.9. The molecule has 14 heteroatoms. The van der Waals surface area contributed by atoms with E-state index in [1.54, 1.807) is 72.7 Å². The Balaban J connectivity index is 1.34. The van der Waals surface area contributed by atoms with Crippen LogP contribution in [-0.2, 0) is 61.5 Å². The van der Waals surface area contributed by atoms with Crippen LogP contribution >= 0.6 is 0 Å². The molecule has 0 bridgehead atoms. The van der Waals surface area contributed by atoms with Gasteiger partial charge in [0.25, 0.3) is 0 Å². The molecule has 3 amide bonds. The van der Waals surface area contributed by atoms with Crippen molar-refractivity contribution in [2.45, 2.75) is 135 Å². The number of rotatable bonds is 20. The van der Waals surface area contributed by atoms with Crippen molar-refractivity contribution < 1.29 is 47.8 Å². The molecule has 0 radical (unpaired) electrons. The van der Waals surface area contributed by atoms with Crippen molar-refractivity contribution in [2.24, 2.45) is 11.7 Å². The molecule has 0 aliphatic carbocycles.